The monoisotopic (exact) mass is 370 g/mol. The molecule has 0 radical (unpaired) electrons. The molecule has 2 unspecified atom stereocenters. The maximum absolute atomic E-state index is 12.3. The molecular weight excluding hydrogens is 348 g/mol. The van der Waals surface area contributed by atoms with Gasteiger partial charge in [0.2, 0.25) is 0 Å². The summed E-state index contributed by atoms with van der Waals surface area (Å²) in [6.45, 7) is 6.52. The van der Waals surface area contributed by atoms with Crippen LogP contribution in [0.4, 0.5) is 4.79 Å². The standard InChI is InChI=1S/C17H23ClN2O5/c1-16(2,3)25-15(21)20-6-5-17(13(9-20)23-10-24-17)12-7-11(22-4)8-14(18)19-12/h7-8,13H,5-6,9-10H2,1-4H3. The van der Waals surface area contributed by atoms with Crippen molar-refractivity contribution in [1.82, 2.24) is 9.88 Å². The van der Waals surface area contributed by atoms with Gasteiger partial charge in [0.1, 0.15) is 35.0 Å². The largest absolute Gasteiger partial charge is 0.497 e. The highest BCUT2D eigenvalue weighted by Crippen LogP contribution is 2.43. The van der Waals surface area contributed by atoms with Gasteiger partial charge in [0.25, 0.3) is 0 Å². The van der Waals surface area contributed by atoms with Gasteiger partial charge >= 0.3 is 6.09 Å². The highest BCUT2D eigenvalue weighted by Gasteiger charge is 2.52. The van der Waals surface area contributed by atoms with Crippen LogP contribution in [0, 0.1) is 0 Å². The SMILES string of the molecule is COc1cc(Cl)nc(C23CCN(C(=O)OC(C)(C)C)CC2OCO3)c1. The number of nitrogens with zero attached hydrogens (tertiary/aromatic N) is 2. The van der Waals surface area contributed by atoms with Gasteiger partial charge in [-0.1, -0.05) is 11.6 Å². The zero-order valence-corrected chi connectivity index (χ0v) is 15.6. The van der Waals surface area contributed by atoms with Gasteiger partial charge in [-0.15, -0.1) is 0 Å². The van der Waals surface area contributed by atoms with Crippen LogP contribution < -0.4 is 4.74 Å². The molecule has 0 saturated carbocycles. The second-order valence-electron chi connectivity index (χ2n) is 7.20. The Morgan fingerprint density at radius 2 is 2.20 bits per heavy atom. The van der Waals surface area contributed by atoms with Crippen LogP contribution in [0.15, 0.2) is 12.1 Å². The minimum absolute atomic E-state index is 0.142. The first-order valence-electron chi connectivity index (χ1n) is 8.19. The van der Waals surface area contributed by atoms with E-state index in [9.17, 15) is 4.79 Å². The van der Waals surface area contributed by atoms with Gasteiger partial charge in [-0.2, -0.15) is 0 Å². The molecule has 8 heteroatoms. The molecule has 3 rings (SSSR count). The Labute approximate surface area is 152 Å². The number of fused-ring (bicyclic) bond motifs is 1. The fraction of sp³-hybridized carbons (Fsp3) is 0.647. The van der Waals surface area contributed by atoms with Crippen LogP contribution in [0.25, 0.3) is 0 Å². The molecule has 2 aliphatic rings. The van der Waals surface area contributed by atoms with Crippen LogP contribution in [-0.4, -0.2) is 54.7 Å². The van der Waals surface area contributed by atoms with Crippen LogP contribution in [0.2, 0.25) is 5.15 Å². The van der Waals surface area contributed by atoms with E-state index < -0.39 is 11.2 Å². The smallest absolute Gasteiger partial charge is 0.410 e. The predicted molar refractivity (Wildman–Crippen MR) is 90.7 cm³/mol. The molecule has 2 saturated heterocycles. The minimum Gasteiger partial charge on any atom is -0.497 e. The van der Waals surface area contributed by atoms with E-state index in [4.69, 9.17) is 30.5 Å². The van der Waals surface area contributed by atoms with Crippen molar-refractivity contribution in [2.24, 2.45) is 0 Å². The molecule has 1 aromatic heterocycles. The summed E-state index contributed by atoms with van der Waals surface area (Å²) in [6.07, 6.45) is -0.161. The summed E-state index contributed by atoms with van der Waals surface area (Å²) in [5.41, 5.74) is -0.625. The molecule has 2 fully saturated rings. The number of hydrogen-bond acceptors (Lipinski definition) is 6. The highest BCUT2D eigenvalue weighted by atomic mass is 35.5. The van der Waals surface area contributed by atoms with Crippen molar-refractivity contribution in [2.75, 3.05) is 27.0 Å². The van der Waals surface area contributed by atoms with Crippen molar-refractivity contribution in [3.63, 3.8) is 0 Å². The first kappa shape index (κ1) is 18.2. The summed E-state index contributed by atoms with van der Waals surface area (Å²) in [6, 6.07) is 3.44. The molecule has 2 aliphatic heterocycles. The van der Waals surface area contributed by atoms with Gasteiger partial charge in [0, 0.05) is 25.1 Å². The van der Waals surface area contributed by atoms with Gasteiger partial charge in [0.15, 0.2) is 0 Å². The van der Waals surface area contributed by atoms with E-state index in [1.165, 1.54) is 0 Å². The zero-order chi connectivity index (χ0) is 18.2. The second kappa shape index (κ2) is 6.63. The number of carbonyl (C=O) groups is 1. The minimum atomic E-state index is -0.739. The first-order valence-corrected chi connectivity index (χ1v) is 8.57. The number of amides is 1. The Kier molecular flexibility index (Phi) is 4.83. The van der Waals surface area contributed by atoms with Crippen molar-refractivity contribution in [3.05, 3.63) is 23.0 Å². The number of aromatic nitrogens is 1. The predicted octanol–water partition coefficient (Wildman–Crippen LogP) is 2.95. The van der Waals surface area contributed by atoms with E-state index in [1.54, 1.807) is 24.1 Å². The average molecular weight is 371 g/mol. The van der Waals surface area contributed by atoms with Crippen molar-refractivity contribution < 1.29 is 23.7 Å². The Morgan fingerprint density at radius 3 is 2.88 bits per heavy atom. The second-order valence-corrected chi connectivity index (χ2v) is 7.59. The Hall–Kier alpha value is -1.57. The molecule has 2 atom stereocenters. The summed E-state index contributed by atoms with van der Waals surface area (Å²) >= 11 is 6.11. The first-order chi connectivity index (χ1) is 11.7. The topological polar surface area (TPSA) is 70.1 Å². The molecule has 1 aromatic rings. The summed E-state index contributed by atoms with van der Waals surface area (Å²) in [7, 11) is 1.57. The normalized spacial score (nSPS) is 26.3. The Balaban J connectivity index is 1.82. The van der Waals surface area contributed by atoms with E-state index in [0.717, 1.165) is 0 Å². The number of ether oxygens (including phenoxy) is 4. The number of pyridine rings is 1. The Bertz CT molecular complexity index is 663. The molecule has 25 heavy (non-hydrogen) atoms. The summed E-state index contributed by atoms with van der Waals surface area (Å²) in [4.78, 5) is 18.4. The van der Waals surface area contributed by atoms with Crippen molar-refractivity contribution in [1.29, 1.82) is 0 Å². The lowest BCUT2D eigenvalue weighted by Crippen LogP contribution is -2.54. The Morgan fingerprint density at radius 1 is 1.44 bits per heavy atom. The van der Waals surface area contributed by atoms with E-state index in [2.05, 4.69) is 4.98 Å². The van der Waals surface area contributed by atoms with Gasteiger partial charge in [-0.25, -0.2) is 9.78 Å². The third-order valence-electron chi connectivity index (χ3n) is 4.33. The molecule has 0 aliphatic carbocycles. The highest BCUT2D eigenvalue weighted by molar-refractivity contribution is 6.29. The molecule has 0 N–H and O–H groups in total. The fourth-order valence-corrected chi connectivity index (χ4v) is 3.34. The van der Waals surface area contributed by atoms with Gasteiger partial charge in [0.05, 0.1) is 19.3 Å². The molecule has 7 nitrogen and oxygen atoms in total. The lowest BCUT2D eigenvalue weighted by molar-refractivity contribution is -0.0564. The van der Waals surface area contributed by atoms with E-state index in [-0.39, 0.29) is 19.0 Å². The van der Waals surface area contributed by atoms with E-state index in [1.807, 2.05) is 20.8 Å². The van der Waals surface area contributed by atoms with Crippen molar-refractivity contribution in [2.45, 2.75) is 44.5 Å². The fourth-order valence-electron chi connectivity index (χ4n) is 3.14. The van der Waals surface area contributed by atoms with Crippen molar-refractivity contribution in [3.8, 4) is 5.75 Å². The third kappa shape index (κ3) is 3.68. The maximum atomic E-state index is 12.3. The number of methoxy groups -OCH3 is 1. The van der Waals surface area contributed by atoms with Gasteiger partial charge in [-0.3, -0.25) is 0 Å². The summed E-state index contributed by atoms with van der Waals surface area (Å²) in [5, 5.41) is 0.326. The van der Waals surface area contributed by atoms with E-state index >= 15 is 0 Å². The van der Waals surface area contributed by atoms with Crippen LogP contribution in [0.5, 0.6) is 5.75 Å². The van der Waals surface area contributed by atoms with E-state index in [0.29, 0.717) is 36.1 Å². The molecule has 1 amide bonds. The van der Waals surface area contributed by atoms with Crippen molar-refractivity contribution >= 4 is 17.7 Å². The van der Waals surface area contributed by atoms with Crippen LogP contribution >= 0.6 is 11.6 Å². The van der Waals surface area contributed by atoms with Crippen LogP contribution in [0.3, 0.4) is 0 Å². The van der Waals surface area contributed by atoms with Crippen LogP contribution in [0.1, 0.15) is 32.9 Å². The molecular formula is C17H23ClN2O5. The number of piperidine rings is 1. The average Bonchev–Trinajstić information content (AvgIpc) is 2.96. The molecule has 0 aromatic carbocycles. The van der Waals surface area contributed by atoms with Gasteiger partial charge in [-0.05, 0) is 20.8 Å². The molecule has 0 spiro atoms. The summed E-state index contributed by atoms with van der Waals surface area (Å²) < 4.78 is 22.4. The number of rotatable bonds is 2. The molecule has 0 bridgehead atoms. The number of likely N-dealkylation sites (tertiary alicyclic amines) is 1. The lowest BCUT2D eigenvalue weighted by atomic mass is 9.85. The summed E-state index contributed by atoms with van der Waals surface area (Å²) in [5.74, 6) is 0.605. The van der Waals surface area contributed by atoms with Gasteiger partial charge < -0.3 is 23.8 Å². The number of carbonyl (C=O) groups excluding carboxylic acids is 1. The zero-order valence-electron chi connectivity index (χ0n) is 14.9. The number of hydrogen-bond donors (Lipinski definition) is 0. The third-order valence-corrected chi connectivity index (χ3v) is 4.53. The lowest BCUT2D eigenvalue weighted by Gasteiger charge is -2.41. The quantitative estimate of drug-likeness (QED) is 0.745. The molecule has 138 valence electrons. The number of halogens is 1. The molecule has 3 heterocycles. The van der Waals surface area contributed by atoms with Crippen LogP contribution in [-0.2, 0) is 19.8 Å². The maximum Gasteiger partial charge on any atom is 0.410 e.